The molecule has 0 atom stereocenters. The van der Waals surface area contributed by atoms with E-state index in [0.717, 1.165) is 29.1 Å². The quantitative estimate of drug-likeness (QED) is 0.573. The van der Waals surface area contributed by atoms with Crippen LogP contribution in [0.3, 0.4) is 0 Å². The highest BCUT2D eigenvalue weighted by Gasteiger charge is 2.07. The summed E-state index contributed by atoms with van der Waals surface area (Å²) in [5, 5.41) is 6.25. The van der Waals surface area contributed by atoms with Crippen molar-refractivity contribution in [2.75, 3.05) is 19.0 Å². The van der Waals surface area contributed by atoms with Crippen molar-refractivity contribution < 1.29 is 9.53 Å². The first kappa shape index (κ1) is 20.4. The molecule has 3 rings (SSSR count). The number of rotatable bonds is 8. The molecule has 0 aliphatic carbocycles. The Morgan fingerprint density at radius 1 is 1.00 bits per heavy atom. The zero-order chi connectivity index (χ0) is 20.6. The third kappa shape index (κ3) is 5.82. The van der Waals surface area contributed by atoms with Gasteiger partial charge in [0.1, 0.15) is 5.75 Å². The summed E-state index contributed by atoms with van der Waals surface area (Å²) in [5.41, 5.74) is 4.71. The highest BCUT2D eigenvalue weighted by molar-refractivity contribution is 5.94. The maximum atomic E-state index is 12.5. The van der Waals surface area contributed by atoms with Gasteiger partial charge in [-0.1, -0.05) is 38.1 Å². The number of hydrogen-bond donors (Lipinski definition) is 2. The van der Waals surface area contributed by atoms with E-state index >= 15 is 0 Å². The van der Waals surface area contributed by atoms with E-state index in [-0.39, 0.29) is 5.91 Å². The summed E-state index contributed by atoms with van der Waals surface area (Å²) in [6, 6.07) is 17.9. The van der Waals surface area contributed by atoms with Gasteiger partial charge in [-0.15, -0.1) is 0 Å². The molecule has 0 unspecified atom stereocenters. The van der Waals surface area contributed by atoms with Crippen molar-refractivity contribution >= 4 is 17.3 Å². The highest BCUT2D eigenvalue weighted by Crippen LogP contribution is 2.20. The van der Waals surface area contributed by atoms with Gasteiger partial charge in [0.05, 0.1) is 24.6 Å². The zero-order valence-electron chi connectivity index (χ0n) is 17.1. The number of nitrogens with zero attached hydrogens (tertiary/aromatic N) is 1. The Labute approximate surface area is 172 Å². The molecule has 0 fully saturated rings. The number of carbonyl (C=O) groups is 1. The zero-order valence-corrected chi connectivity index (χ0v) is 17.1. The molecule has 1 aromatic heterocycles. The maximum absolute atomic E-state index is 12.5. The Morgan fingerprint density at radius 3 is 2.38 bits per heavy atom. The molecule has 0 aliphatic rings. The average molecular weight is 389 g/mol. The second-order valence-corrected chi connectivity index (χ2v) is 7.22. The molecule has 3 aromatic rings. The summed E-state index contributed by atoms with van der Waals surface area (Å²) in [6.07, 6.45) is 4.05. The highest BCUT2D eigenvalue weighted by atomic mass is 16.5. The van der Waals surface area contributed by atoms with Crippen LogP contribution >= 0.6 is 0 Å². The molecule has 1 heterocycles. The molecule has 2 aromatic carbocycles. The summed E-state index contributed by atoms with van der Waals surface area (Å²) in [4.78, 5) is 16.7. The second kappa shape index (κ2) is 9.73. The second-order valence-electron chi connectivity index (χ2n) is 7.22. The molecule has 150 valence electrons. The Bertz CT molecular complexity index is 935. The fourth-order valence-electron chi connectivity index (χ4n) is 2.97. The first-order valence-corrected chi connectivity index (χ1v) is 9.78. The fourth-order valence-corrected chi connectivity index (χ4v) is 2.97. The number of aromatic nitrogens is 1. The fraction of sp³-hybridized carbons (Fsp3) is 0.250. The van der Waals surface area contributed by atoms with Crippen LogP contribution in [0.15, 0.2) is 67.0 Å². The van der Waals surface area contributed by atoms with Gasteiger partial charge >= 0.3 is 0 Å². The van der Waals surface area contributed by atoms with Crippen molar-refractivity contribution in [2.24, 2.45) is 0 Å². The van der Waals surface area contributed by atoms with Crippen LogP contribution in [0.2, 0.25) is 0 Å². The molecule has 5 heteroatoms. The van der Waals surface area contributed by atoms with E-state index in [0.29, 0.717) is 18.0 Å². The molecule has 1 amide bonds. The molecular weight excluding hydrogens is 362 g/mol. The van der Waals surface area contributed by atoms with Gasteiger partial charge < -0.3 is 15.4 Å². The summed E-state index contributed by atoms with van der Waals surface area (Å²) in [5.74, 6) is 1.19. The lowest BCUT2D eigenvalue weighted by Gasteiger charge is -2.10. The Kier molecular flexibility index (Phi) is 6.85. The molecule has 0 saturated heterocycles. The monoisotopic (exact) mass is 389 g/mol. The molecule has 0 aliphatic heterocycles. The van der Waals surface area contributed by atoms with Gasteiger partial charge in [0, 0.05) is 18.4 Å². The minimum absolute atomic E-state index is 0.134. The average Bonchev–Trinajstić information content (AvgIpc) is 2.75. The summed E-state index contributed by atoms with van der Waals surface area (Å²) in [6.45, 7) is 4.89. The molecular formula is C24H27N3O2. The number of pyridine rings is 1. The van der Waals surface area contributed by atoms with Crippen LogP contribution in [0, 0.1) is 0 Å². The summed E-state index contributed by atoms with van der Waals surface area (Å²) < 4.78 is 5.16. The van der Waals surface area contributed by atoms with Gasteiger partial charge in [0.2, 0.25) is 0 Å². The molecule has 0 radical (unpaired) electrons. The van der Waals surface area contributed by atoms with Gasteiger partial charge in [-0.3, -0.25) is 9.78 Å². The Morgan fingerprint density at radius 2 is 1.72 bits per heavy atom. The van der Waals surface area contributed by atoms with E-state index in [9.17, 15) is 4.79 Å². The Hall–Kier alpha value is -3.34. The van der Waals surface area contributed by atoms with Crippen molar-refractivity contribution in [2.45, 2.75) is 26.2 Å². The van der Waals surface area contributed by atoms with Crippen molar-refractivity contribution in [1.82, 2.24) is 10.3 Å². The number of ether oxygens (including phenoxy) is 1. The van der Waals surface area contributed by atoms with E-state index in [1.54, 1.807) is 19.5 Å². The van der Waals surface area contributed by atoms with E-state index < -0.39 is 0 Å². The number of amides is 1. The van der Waals surface area contributed by atoms with Gasteiger partial charge in [-0.25, -0.2) is 0 Å². The summed E-state index contributed by atoms with van der Waals surface area (Å²) >= 11 is 0. The van der Waals surface area contributed by atoms with E-state index in [1.165, 1.54) is 5.56 Å². The smallest absolute Gasteiger partial charge is 0.252 e. The Balaban J connectivity index is 1.55. The van der Waals surface area contributed by atoms with Crippen molar-refractivity contribution in [3.05, 3.63) is 83.7 Å². The minimum atomic E-state index is -0.134. The van der Waals surface area contributed by atoms with Crippen molar-refractivity contribution in [3.8, 4) is 5.75 Å². The first-order chi connectivity index (χ1) is 14.0. The molecule has 2 N–H and O–H groups in total. The molecule has 29 heavy (non-hydrogen) atoms. The lowest BCUT2D eigenvalue weighted by atomic mass is 10.0. The predicted octanol–water partition coefficient (Wildman–Crippen LogP) is 4.93. The van der Waals surface area contributed by atoms with Crippen LogP contribution in [0.4, 0.5) is 11.4 Å². The number of methoxy groups -OCH3 is 1. The maximum Gasteiger partial charge on any atom is 0.252 e. The number of anilines is 2. The van der Waals surface area contributed by atoms with Gasteiger partial charge in [-0.05, 0) is 53.8 Å². The van der Waals surface area contributed by atoms with E-state index in [4.69, 9.17) is 4.74 Å². The van der Waals surface area contributed by atoms with Crippen LogP contribution in [0.5, 0.6) is 5.75 Å². The SMILES string of the molecule is COc1ccc(CCNC(=O)c2cncc(Nc3ccc(C(C)C)cc3)c2)cc1. The molecule has 0 spiro atoms. The van der Waals surface area contributed by atoms with Crippen LogP contribution < -0.4 is 15.4 Å². The third-order valence-corrected chi connectivity index (χ3v) is 4.72. The standard InChI is InChI=1S/C24H27N3O2/c1-17(2)19-6-8-21(9-7-19)27-22-14-20(15-25-16-22)24(28)26-13-12-18-4-10-23(29-3)11-5-18/h4-11,14-17,27H,12-13H2,1-3H3,(H,26,28). The normalized spacial score (nSPS) is 10.6. The number of benzene rings is 2. The van der Waals surface area contributed by atoms with E-state index in [2.05, 4.69) is 41.6 Å². The van der Waals surface area contributed by atoms with Crippen LogP contribution in [0.1, 0.15) is 41.3 Å². The van der Waals surface area contributed by atoms with Crippen LogP contribution in [-0.2, 0) is 6.42 Å². The van der Waals surface area contributed by atoms with E-state index in [1.807, 2.05) is 42.5 Å². The number of carbonyl (C=O) groups excluding carboxylic acids is 1. The lowest BCUT2D eigenvalue weighted by Crippen LogP contribution is -2.25. The number of nitrogens with one attached hydrogen (secondary N) is 2. The van der Waals surface area contributed by atoms with Crippen molar-refractivity contribution in [1.29, 1.82) is 0 Å². The number of hydrogen-bond acceptors (Lipinski definition) is 4. The van der Waals surface area contributed by atoms with Crippen molar-refractivity contribution in [3.63, 3.8) is 0 Å². The third-order valence-electron chi connectivity index (χ3n) is 4.72. The lowest BCUT2D eigenvalue weighted by molar-refractivity contribution is 0.0954. The molecule has 5 nitrogen and oxygen atoms in total. The first-order valence-electron chi connectivity index (χ1n) is 9.78. The minimum Gasteiger partial charge on any atom is -0.497 e. The van der Waals surface area contributed by atoms with Gasteiger partial charge in [0.15, 0.2) is 0 Å². The van der Waals surface area contributed by atoms with Crippen LogP contribution in [-0.4, -0.2) is 24.5 Å². The van der Waals surface area contributed by atoms with Gasteiger partial charge in [0.25, 0.3) is 5.91 Å². The van der Waals surface area contributed by atoms with Gasteiger partial charge in [-0.2, -0.15) is 0 Å². The topological polar surface area (TPSA) is 63.2 Å². The largest absolute Gasteiger partial charge is 0.497 e. The predicted molar refractivity (Wildman–Crippen MR) is 117 cm³/mol. The molecule has 0 bridgehead atoms. The van der Waals surface area contributed by atoms with Crippen LogP contribution in [0.25, 0.3) is 0 Å². The summed E-state index contributed by atoms with van der Waals surface area (Å²) in [7, 11) is 1.65. The molecule has 0 saturated carbocycles.